The topological polar surface area (TPSA) is 71.3 Å². The van der Waals surface area contributed by atoms with Crippen molar-refractivity contribution >= 4 is 11.9 Å². The summed E-state index contributed by atoms with van der Waals surface area (Å²) in [5.74, 6) is -0.971. The quantitative estimate of drug-likeness (QED) is 0.754. The molecule has 0 aliphatic heterocycles. The summed E-state index contributed by atoms with van der Waals surface area (Å²) in [4.78, 5) is 21.5. The Balaban J connectivity index is 2.17. The van der Waals surface area contributed by atoms with E-state index in [0.717, 1.165) is 5.56 Å². The number of carbonyl (C=O) groups is 2. The minimum absolute atomic E-state index is 0.0404. The Labute approximate surface area is 94.1 Å². The number of hydrogen-bond donors (Lipinski definition) is 2. The molecule has 0 bridgehead atoms. The van der Waals surface area contributed by atoms with E-state index in [1.165, 1.54) is 0 Å². The molecule has 0 unspecified atom stereocenters. The maximum atomic E-state index is 11.3. The van der Waals surface area contributed by atoms with Crippen LogP contribution in [-0.2, 0) is 23.2 Å². The highest BCUT2D eigenvalue weighted by atomic mass is 16.4. The van der Waals surface area contributed by atoms with Crippen molar-refractivity contribution in [3.8, 4) is 0 Å². The molecular weight excluding hydrogens is 208 g/mol. The smallest absolute Gasteiger partial charge is 0.303 e. The van der Waals surface area contributed by atoms with Crippen molar-refractivity contribution in [3.63, 3.8) is 0 Å². The third-order valence-electron chi connectivity index (χ3n) is 2.18. The van der Waals surface area contributed by atoms with Gasteiger partial charge in [-0.15, -0.1) is 0 Å². The SMILES string of the molecule is Cn1ccc(CNC(=O)CCCC(=O)O)c1. The second kappa shape index (κ2) is 5.95. The van der Waals surface area contributed by atoms with E-state index >= 15 is 0 Å². The van der Waals surface area contributed by atoms with Crippen LogP contribution >= 0.6 is 0 Å². The highest BCUT2D eigenvalue weighted by molar-refractivity contribution is 5.76. The maximum Gasteiger partial charge on any atom is 0.303 e. The minimum atomic E-state index is -0.865. The third-order valence-corrected chi connectivity index (χ3v) is 2.18. The number of carbonyl (C=O) groups excluding carboxylic acids is 1. The summed E-state index contributed by atoms with van der Waals surface area (Å²) in [5.41, 5.74) is 1.04. The van der Waals surface area contributed by atoms with E-state index in [1.807, 2.05) is 30.1 Å². The number of rotatable bonds is 6. The first-order valence-corrected chi connectivity index (χ1v) is 5.17. The highest BCUT2D eigenvalue weighted by Crippen LogP contribution is 2.00. The molecule has 0 atom stereocenters. The van der Waals surface area contributed by atoms with E-state index in [1.54, 1.807) is 0 Å². The number of aryl methyl sites for hydroxylation is 1. The fourth-order valence-electron chi connectivity index (χ4n) is 1.35. The van der Waals surface area contributed by atoms with Crippen LogP contribution in [0.5, 0.6) is 0 Å². The average molecular weight is 224 g/mol. The molecule has 5 heteroatoms. The fourth-order valence-corrected chi connectivity index (χ4v) is 1.35. The lowest BCUT2D eigenvalue weighted by molar-refractivity contribution is -0.137. The van der Waals surface area contributed by atoms with Crippen LogP contribution in [0.4, 0.5) is 0 Å². The van der Waals surface area contributed by atoms with Crippen molar-refractivity contribution in [1.29, 1.82) is 0 Å². The van der Waals surface area contributed by atoms with Crippen LogP contribution in [0.25, 0.3) is 0 Å². The second-order valence-electron chi connectivity index (χ2n) is 3.71. The summed E-state index contributed by atoms with van der Waals surface area (Å²) in [6, 6.07) is 1.93. The number of aromatic nitrogens is 1. The van der Waals surface area contributed by atoms with Gasteiger partial charge < -0.3 is 15.0 Å². The Morgan fingerprint density at radius 3 is 2.75 bits per heavy atom. The molecule has 2 N–H and O–H groups in total. The Hall–Kier alpha value is -1.78. The van der Waals surface area contributed by atoms with E-state index in [-0.39, 0.29) is 18.7 Å². The standard InChI is InChI=1S/C11H16N2O3/c1-13-6-5-9(8-13)7-12-10(14)3-2-4-11(15)16/h5-6,8H,2-4,7H2,1H3,(H,12,14)(H,15,16). The molecule has 0 aromatic carbocycles. The minimum Gasteiger partial charge on any atom is -0.481 e. The van der Waals surface area contributed by atoms with E-state index < -0.39 is 5.97 Å². The second-order valence-corrected chi connectivity index (χ2v) is 3.71. The number of hydrogen-bond acceptors (Lipinski definition) is 2. The predicted molar refractivity (Wildman–Crippen MR) is 58.7 cm³/mol. The molecule has 16 heavy (non-hydrogen) atoms. The van der Waals surface area contributed by atoms with Crippen molar-refractivity contribution in [3.05, 3.63) is 24.0 Å². The van der Waals surface area contributed by atoms with Gasteiger partial charge in [0.1, 0.15) is 0 Å². The normalized spacial score (nSPS) is 10.1. The summed E-state index contributed by atoms with van der Waals surface area (Å²) < 4.78 is 1.91. The summed E-state index contributed by atoms with van der Waals surface area (Å²) in [5, 5.41) is 11.1. The summed E-state index contributed by atoms with van der Waals surface area (Å²) in [6.07, 6.45) is 4.53. The summed E-state index contributed by atoms with van der Waals surface area (Å²) >= 11 is 0. The first-order chi connectivity index (χ1) is 7.58. The number of carboxylic acids is 1. The number of amides is 1. The van der Waals surface area contributed by atoms with Crippen LogP contribution in [0.15, 0.2) is 18.5 Å². The zero-order valence-electron chi connectivity index (χ0n) is 9.27. The lowest BCUT2D eigenvalue weighted by atomic mass is 10.2. The van der Waals surface area contributed by atoms with Crippen LogP contribution in [0.3, 0.4) is 0 Å². The molecule has 0 saturated carbocycles. The Kier molecular flexibility index (Phi) is 4.57. The van der Waals surface area contributed by atoms with Gasteiger partial charge in [-0.05, 0) is 18.1 Å². The monoisotopic (exact) mass is 224 g/mol. The Morgan fingerprint density at radius 2 is 2.19 bits per heavy atom. The van der Waals surface area contributed by atoms with Gasteiger partial charge in [-0.2, -0.15) is 0 Å². The van der Waals surface area contributed by atoms with Crippen molar-refractivity contribution in [2.45, 2.75) is 25.8 Å². The lowest BCUT2D eigenvalue weighted by Gasteiger charge is -2.02. The zero-order valence-corrected chi connectivity index (χ0v) is 9.27. The van der Waals surface area contributed by atoms with Gasteiger partial charge in [-0.25, -0.2) is 0 Å². The van der Waals surface area contributed by atoms with Crippen LogP contribution in [0.2, 0.25) is 0 Å². The number of nitrogens with one attached hydrogen (secondary N) is 1. The summed E-state index contributed by atoms with van der Waals surface area (Å²) in [7, 11) is 1.91. The summed E-state index contributed by atoms with van der Waals surface area (Å²) in [6.45, 7) is 0.493. The van der Waals surface area contributed by atoms with Gasteiger partial charge in [-0.3, -0.25) is 9.59 Å². The zero-order chi connectivity index (χ0) is 12.0. The van der Waals surface area contributed by atoms with E-state index in [2.05, 4.69) is 5.32 Å². The van der Waals surface area contributed by atoms with Gasteiger partial charge in [0.2, 0.25) is 5.91 Å². The van der Waals surface area contributed by atoms with Gasteiger partial charge >= 0.3 is 5.97 Å². The molecule has 0 spiro atoms. The van der Waals surface area contributed by atoms with Crippen LogP contribution < -0.4 is 5.32 Å². The lowest BCUT2D eigenvalue weighted by Crippen LogP contribution is -2.22. The largest absolute Gasteiger partial charge is 0.481 e. The Morgan fingerprint density at radius 1 is 1.44 bits per heavy atom. The molecule has 1 aromatic heterocycles. The Bertz CT molecular complexity index is 371. The molecule has 0 radical (unpaired) electrons. The fraction of sp³-hybridized carbons (Fsp3) is 0.455. The number of nitrogens with zero attached hydrogens (tertiary/aromatic N) is 1. The van der Waals surface area contributed by atoms with Gasteiger partial charge in [0, 0.05) is 38.8 Å². The first kappa shape index (κ1) is 12.3. The van der Waals surface area contributed by atoms with Gasteiger partial charge in [0.15, 0.2) is 0 Å². The maximum absolute atomic E-state index is 11.3. The molecular formula is C11H16N2O3. The highest BCUT2D eigenvalue weighted by Gasteiger charge is 2.03. The molecule has 5 nitrogen and oxygen atoms in total. The van der Waals surface area contributed by atoms with Crippen molar-refractivity contribution < 1.29 is 14.7 Å². The number of carboxylic acid groups (broad SMARTS) is 1. The van der Waals surface area contributed by atoms with Crippen molar-refractivity contribution in [1.82, 2.24) is 9.88 Å². The van der Waals surface area contributed by atoms with Gasteiger partial charge in [0.05, 0.1) is 0 Å². The van der Waals surface area contributed by atoms with Crippen LogP contribution in [0, 0.1) is 0 Å². The molecule has 1 heterocycles. The number of aliphatic carboxylic acids is 1. The molecule has 1 aromatic rings. The molecule has 0 aliphatic rings. The van der Waals surface area contributed by atoms with Crippen LogP contribution in [-0.4, -0.2) is 21.6 Å². The van der Waals surface area contributed by atoms with Crippen molar-refractivity contribution in [2.24, 2.45) is 7.05 Å². The molecule has 0 saturated heterocycles. The molecule has 0 fully saturated rings. The van der Waals surface area contributed by atoms with E-state index in [4.69, 9.17) is 5.11 Å². The first-order valence-electron chi connectivity index (χ1n) is 5.17. The predicted octanol–water partition coefficient (Wildman–Crippen LogP) is 0.896. The average Bonchev–Trinajstić information content (AvgIpc) is 2.61. The molecule has 88 valence electrons. The molecule has 0 aliphatic carbocycles. The van der Waals surface area contributed by atoms with Crippen LogP contribution in [0.1, 0.15) is 24.8 Å². The van der Waals surface area contributed by atoms with Crippen molar-refractivity contribution in [2.75, 3.05) is 0 Å². The van der Waals surface area contributed by atoms with Gasteiger partial charge in [0.25, 0.3) is 0 Å². The van der Waals surface area contributed by atoms with Gasteiger partial charge in [-0.1, -0.05) is 0 Å². The third kappa shape index (κ3) is 4.63. The molecule has 1 rings (SSSR count). The van der Waals surface area contributed by atoms with E-state index in [0.29, 0.717) is 13.0 Å². The van der Waals surface area contributed by atoms with E-state index in [9.17, 15) is 9.59 Å². The molecule has 1 amide bonds.